The molecule has 0 aliphatic carbocycles. The van der Waals surface area contributed by atoms with E-state index in [2.05, 4.69) is 0 Å². The van der Waals surface area contributed by atoms with Gasteiger partial charge in [-0.3, -0.25) is 4.79 Å². The molecule has 130 valence electrons. The number of carbonyl (C=O) groups excluding carboxylic acids is 1. The molecule has 2 aromatic carbocycles. The number of rotatable bonds is 7. The third-order valence-electron chi connectivity index (χ3n) is 4.15. The fourth-order valence-corrected chi connectivity index (χ4v) is 4.00. The number of esters is 1. The second-order valence-corrected chi connectivity index (χ2v) is 7.00. The number of benzene rings is 2. The molecule has 1 heterocycles. The van der Waals surface area contributed by atoms with Gasteiger partial charge in [0.2, 0.25) is 0 Å². The van der Waals surface area contributed by atoms with E-state index in [9.17, 15) is 9.59 Å². The highest BCUT2D eigenvalue weighted by molar-refractivity contribution is 7.24. The molecule has 0 fully saturated rings. The fraction of sp³-hybridized carbons (Fsp3) is 0.300. The van der Waals surface area contributed by atoms with Crippen molar-refractivity contribution in [3.63, 3.8) is 0 Å². The molecule has 2 N–H and O–H groups in total. The van der Waals surface area contributed by atoms with E-state index in [1.54, 1.807) is 18.2 Å². The highest BCUT2D eigenvalue weighted by atomic mass is 32.1. The van der Waals surface area contributed by atoms with Crippen LogP contribution in [0, 0.1) is 0 Å². The third kappa shape index (κ3) is 3.89. The molecule has 0 aliphatic heterocycles. The predicted octanol–water partition coefficient (Wildman–Crippen LogP) is 4.09. The largest absolute Gasteiger partial charge is 0.462 e. The van der Waals surface area contributed by atoms with Crippen molar-refractivity contribution < 1.29 is 9.53 Å². The molecule has 25 heavy (non-hydrogen) atoms. The first kappa shape index (κ1) is 17.6. The monoisotopic (exact) mass is 355 g/mol. The van der Waals surface area contributed by atoms with Gasteiger partial charge >= 0.3 is 5.97 Å². The zero-order valence-electron chi connectivity index (χ0n) is 14.0. The van der Waals surface area contributed by atoms with Crippen molar-refractivity contribution in [2.75, 3.05) is 13.2 Å². The lowest BCUT2D eigenvalue weighted by molar-refractivity contribution is 0.0500. The maximum Gasteiger partial charge on any atom is 0.339 e. The average molecular weight is 355 g/mol. The second kappa shape index (κ2) is 8.23. The minimum absolute atomic E-state index is 0.0409. The van der Waals surface area contributed by atoms with Crippen LogP contribution >= 0.6 is 11.3 Å². The number of fused-ring (bicyclic) bond motifs is 2. The number of unbranched alkanes of at least 4 members (excludes halogenated alkanes) is 3. The lowest BCUT2D eigenvalue weighted by Crippen LogP contribution is -2.09. The lowest BCUT2D eigenvalue weighted by Gasteiger charge is -2.08. The van der Waals surface area contributed by atoms with Crippen molar-refractivity contribution >= 4 is 37.5 Å². The molecule has 0 aliphatic rings. The summed E-state index contributed by atoms with van der Waals surface area (Å²) in [5, 5.41) is 1.26. The zero-order valence-corrected chi connectivity index (χ0v) is 14.8. The van der Waals surface area contributed by atoms with E-state index in [-0.39, 0.29) is 11.4 Å². The Hall–Kier alpha value is -2.24. The van der Waals surface area contributed by atoms with Gasteiger partial charge in [0.15, 0.2) is 5.43 Å². The van der Waals surface area contributed by atoms with Crippen LogP contribution < -0.4 is 11.2 Å². The van der Waals surface area contributed by atoms with Gasteiger partial charge < -0.3 is 10.5 Å². The molecule has 0 bridgehead atoms. The Balaban J connectivity index is 1.84. The quantitative estimate of drug-likeness (QED) is 0.394. The zero-order chi connectivity index (χ0) is 17.6. The second-order valence-electron chi connectivity index (χ2n) is 5.95. The average Bonchev–Trinajstić information content (AvgIpc) is 2.64. The van der Waals surface area contributed by atoms with Crippen LogP contribution in [0.15, 0.2) is 47.3 Å². The van der Waals surface area contributed by atoms with Gasteiger partial charge in [-0.2, -0.15) is 0 Å². The van der Waals surface area contributed by atoms with Crippen LogP contribution in [0.3, 0.4) is 0 Å². The molecule has 0 amide bonds. The summed E-state index contributed by atoms with van der Waals surface area (Å²) in [6.07, 6.45) is 3.88. The van der Waals surface area contributed by atoms with Crippen LogP contribution in [0.5, 0.6) is 0 Å². The fourth-order valence-electron chi connectivity index (χ4n) is 2.83. The van der Waals surface area contributed by atoms with Crippen molar-refractivity contribution in [1.82, 2.24) is 0 Å². The van der Waals surface area contributed by atoms with Gasteiger partial charge in [0, 0.05) is 15.5 Å². The Morgan fingerprint density at radius 3 is 2.56 bits per heavy atom. The highest BCUT2D eigenvalue weighted by Gasteiger charge is 2.15. The minimum atomic E-state index is -0.365. The first-order chi connectivity index (χ1) is 12.2. The van der Waals surface area contributed by atoms with E-state index in [1.165, 1.54) is 11.3 Å². The van der Waals surface area contributed by atoms with Crippen molar-refractivity contribution in [3.8, 4) is 0 Å². The van der Waals surface area contributed by atoms with Crippen LogP contribution in [-0.4, -0.2) is 19.1 Å². The molecule has 0 spiro atoms. The van der Waals surface area contributed by atoms with Crippen LogP contribution in [0.4, 0.5) is 0 Å². The van der Waals surface area contributed by atoms with Crippen LogP contribution in [0.2, 0.25) is 0 Å². The molecule has 0 unspecified atom stereocenters. The lowest BCUT2D eigenvalue weighted by atomic mass is 10.1. The molecular weight excluding hydrogens is 334 g/mol. The summed E-state index contributed by atoms with van der Waals surface area (Å²) in [6.45, 7) is 1.09. The van der Waals surface area contributed by atoms with Gasteiger partial charge in [-0.05, 0) is 43.7 Å². The van der Waals surface area contributed by atoms with Gasteiger partial charge in [-0.1, -0.05) is 31.0 Å². The summed E-state index contributed by atoms with van der Waals surface area (Å²) >= 11 is 1.46. The Morgan fingerprint density at radius 1 is 0.960 bits per heavy atom. The first-order valence-corrected chi connectivity index (χ1v) is 9.36. The van der Waals surface area contributed by atoms with E-state index in [1.807, 2.05) is 24.3 Å². The SMILES string of the molecule is NCCCCCCOC(=O)c1cccc2c(=O)c3ccccc3sc12. The van der Waals surface area contributed by atoms with Crippen molar-refractivity contribution in [2.24, 2.45) is 5.73 Å². The van der Waals surface area contributed by atoms with Gasteiger partial charge in [0.05, 0.1) is 16.9 Å². The van der Waals surface area contributed by atoms with Gasteiger partial charge in [-0.15, -0.1) is 11.3 Å². The molecule has 5 heteroatoms. The summed E-state index contributed by atoms with van der Waals surface area (Å²) in [4.78, 5) is 25.1. The summed E-state index contributed by atoms with van der Waals surface area (Å²) in [5.74, 6) is -0.365. The van der Waals surface area contributed by atoms with E-state index < -0.39 is 0 Å². The standard InChI is InChI=1S/C20H21NO3S/c21-12-5-1-2-6-13-24-20(23)16-10-7-9-15-18(22)14-8-3-4-11-17(14)25-19(15)16/h3-4,7-11H,1-2,5-6,12-13,21H2. The van der Waals surface area contributed by atoms with Crippen LogP contribution in [0.1, 0.15) is 36.0 Å². The topological polar surface area (TPSA) is 69.4 Å². The molecule has 1 aromatic heterocycles. The molecule has 0 radical (unpaired) electrons. The van der Waals surface area contributed by atoms with Gasteiger partial charge in [-0.25, -0.2) is 4.79 Å². The Kier molecular flexibility index (Phi) is 5.79. The maximum atomic E-state index is 12.7. The summed E-state index contributed by atoms with van der Waals surface area (Å²) in [6, 6.07) is 12.7. The Bertz CT molecular complexity index is 948. The predicted molar refractivity (Wildman–Crippen MR) is 103 cm³/mol. The number of hydrogen-bond acceptors (Lipinski definition) is 5. The van der Waals surface area contributed by atoms with Gasteiger partial charge in [0.1, 0.15) is 0 Å². The van der Waals surface area contributed by atoms with Crippen molar-refractivity contribution in [3.05, 3.63) is 58.3 Å². The van der Waals surface area contributed by atoms with E-state index in [0.29, 0.717) is 34.2 Å². The molecule has 0 saturated heterocycles. The number of carbonyl (C=O) groups is 1. The van der Waals surface area contributed by atoms with E-state index >= 15 is 0 Å². The Morgan fingerprint density at radius 2 is 1.72 bits per heavy atom. The van der Waals surface area contributed by atoms with Crippen molar-refractivity contribution in [2.45, 2.75) is 25.7 Å². The highest BCUT2D eigenvalue weighted by Crippen LogP contribution is 2.27. The van der Waals surface area contributed by atoms with Crippen LogP contribution in [-0.2, 0) is 4.74 Å². The molecule has 4 nitrogen and oxygen atoms in total. The Labute approximate surface area is 150 Å². The van der Waals surface area contributed by atoms with Crippen LogP contribution in [0.25, 0.3) is 20.2 Å². The normalized spacial score (nSPS) is 11.1. The molecular formula is C20H21NO3S. The summed E-state index contributed by atoms with van der Waals surface area (Å²) in [5.41, 5.74) is 5.89. The number of ether oxygens (including phenoxy) is 1. The maximum absolute atomic E-state index is 12.7. The number of hydrogen-bond donors (Lipinski definition) is 1. The molecule has 3 rings (SSSR count). The molecule has 3 aromatic rings. The molecule has 0 saturated carbocycles. The van der Waals surface area contributed by atoms with Gasteiger partial charge in [0.25, 0.3) is 0 Å². The first-order valence-electron chi connectivity index (χ1n) is 8.54. The smallest absolute Gasteiger partial charge is 0.339 e. The summed E-state index contributed by atoms with van der Waals surface area (Å²) in [7, 11) is 0. The third-order valence-corrected chi connectivity index (χ3v) is 5.37. The van der Waals surface area contributed by atoms with Crippen molar-refractivity contribution in [1.29, 1.82) is 0 Å². The number of nitrogens with two attached hydrogens (primary N) is 1. The summed E-state index contributed by atoms with van der Waals surface area (Å²) < 4.78 is 6.97. The van der Waals surface area contributed by atoms with E-state index in [0.717, 1.165) is 30.4 Å². The van der Waals surface area contributed by atoms with E-state index in [4.69, 9.17) is 10.5 Å². The molecule has 0 atom stereocenters. The minimum Gasteiger partial charge on any atom is -0.462 e.